The zero-order valence-corrected chi connectivity index (χ0v) is 13.1. The van der Waals surface area contributed by atoms with Crippen molar-refractivity contribution in [3.63, 3.8) is 0 Å². The van der Waals surface area contributed by atoms with Gasteiger partial charge in [0.1, 0.15) is 5.82 Å². The number of benzene rings is 2. The fourth-order valence-electron chi connectivity index (χ4n) is 2.23. The average Bonchev–Trinajstić information content (AvgIpc) is 2.52. The first-order valence-electron chi connectivity index (χ1n) is 7.39. The Hall–Kier alpha value is -2.43. The fraction of sp³-hybridized carbons (Fsp3) is 0.278. The molecule has 0 saturated heterocycles. The van der Waals surface area contributed by atoms with Gasteiger partial charge in [-0.15, -0.1) is 0 Å². The van der Waals surface area contributed by atoms with Gasteiger partial charge in [0.15, 0.2) is 18.2 Å². The van der Waals surface area contributed by atoms with Crippen molar-refractivity contribution < 1.29 is 18.3 Å². The zero-order chi connectivity index (χ0) is 16.8. The van der Waals surface area contributed by atoms with E-state index in [4.69, 9.17) is 4.74 Å². The molecule has 0 aliphatic carbocycles. The molecule has 1 atom stereocenters. The van der Waals surface area contributed by atoms with E-state index < -0.39 is 5.82 Å². The molecule has 5 heteroatoms. The number of carbonyl (C=O) groups excluding carboxylic acids is 1. The molecule has 0 aliphatic heterocycles. The molecule has 0 radical (unpaired) electrons. The average molecular weight is 319 g/mol. The highest BCUT2D eigenvalue weighted by molar-refractivity contribution is 5.78. The summed E-state index contributed by atoms with van der Waals surface area (Å²) in [5.74, 6) is -1.07. The van der Waals surface area contributed by atoms with Gasteiger partial charge >= 0.3 is 0 Å². The largest absolute Gasteiger partial charge is 0.481 e. The van der Waals surface area contributed by atoms with Gasteiger partial charge in [0, 0.05) is 0 Å². The number of hydrogen-bond acceptors (Lipinski definition) is 2. The number of carbonyl (C=O) groups is 1. The third-order valence-corrected chi connectivity index (χ3v) is 3.41. The highest BCUT2D eigenvalue weighted by Crippen LogP contribution is 2.22. The molecule has 0 aliphatic rings. The van der Waals surface area contributed by atoms with Gasteiger partial charge in [-0.25, -0.2) is 8.78 Å². The summed E-state index contributed by atoms with van der Waals surface area (Å²) in [5, 5.41) is 2.83. The Labute approximate surface area is 134 Å². The molecule has 122 valence electrons. The number of halogens is 2. The van der Waals surface area contributed by atoms with Crippen molar-refractivity contribution in [2.75, 3.05) is 6.61 Å². The topological polar surface area (TPSA) is 38.3 Å². The normalized spacial score (nSPS) is 12.0. The van der Waals surface area contributed by atoms with Gasteiger partial charge < -0.3 is 10.1 Å². The summed E-state index contributed by atoms with van der Waals surface area (Å²) in [7, 11) is 0. The van der Waals surface area contributed by atoms with E-state index in [-0.39, 0.29) is 36.0 Å². The maximum atomic E-state index is 13.4. The summed E-state index contributed by atoms with van der Waals surface area (Å²) >= 11 is 0. The Bertz CT molecular complexity index is 656. The number of hydrogen-bond donors (Lipinski definition) is 1. The summed E-state index contributed by atoms with van der Waals surface area (Å²) in [6.45, 7) is 3.61. The highest BCUT2D eigenvalue weighted by atomic mass is 19.1. The first kappa shape index (κ1) is 16.9. The molecule has 0 spiro atoms. The number of amides is 1. The summed E-state index contributed by atoms with van der Waals surface area (Å²) in [5.41, 5.74) is 0.806. The summed E-state index contributed by atoms with van der Waals surface area (Å²) in [6, 6.07) is 11.6. The molecule has 0 fully saturated rings. The first-order chi connectivity index (χ1) is 11.0. The van der Waals surface area contributed by atoms with Crippen LogP contribution >= 0.6 is 0 Å². The minimum Gasteiger partial charge on any atom is -0.481 e. The fourth-order valence-corrected chi connectivity index (χ4v) is 2.23. The maximum absolute atomic E-state index is 13.4. The molecule has 3 nitrogen and oxygen atoms in total. The predicted molar refractivity (Wildman–Crippen MR) is 84.0 cm³/mol. The third kappa shape index (κ3) is 4.77. The molecule has 1 amide bonds. The molecule has 2 aromatic carbocycles. The van der Waals surface area contributed by atoms with Gasteiger partial charge in [-0.2, -0.15) is 0 Å². The number of para-hydroxylation sites is 1. The lowest BCUT2D eigenvalue weighted by molar-refractivity contribution is -0.124. The van der Waals surface area contributed by atoms with Crippen molar-refractivity contribution >= 4 is 5.91 Å². The van der Waals surface area contributed by atoms with Crippen LogP contribution in [0.2, 0.25) is 0 Å². The van der Waals surface area contributed by atoms with Gasteiger partial charge in [-0.3, -0.25) is 4.79 Å². The Balaban J connectivity index is 1.98. The van der Waals surface area contributed by atoms with Gasteiger partial charge in [-0.05, 0) is 35.7 Å². The van der Waals surface area contributed by atoms with E-state index in [1.165, 1.54) is 24.3 Å². The lowest BCUT2D eigenvalue weighted by Crippen LogP contribution is -2.35. The monoisotopic (exact) mass is 319 g/mol. The van der Waals surface area contributed by atoms with Crippen LogP contribution in [0.15, 0.2) is 48.5 Å². The van der Waals surface area contributed by atoms with Crippen LogP contribution in [0.3, 0.4) is 0 Å². The van der Waals surface area contributed by atoms with Crippen LogP contribution < -0.4 is 10.1 Å². The van der Waals surface area contributed by atoms with E-state index in [0.29, 0.717) is 0 Å². The molecule has 23 heavy (non-hydrogen) atoms. The van der Waals surface area contributed by atoms with Gasteiger partial charge in [-0.1, -0.05) is 38.1 Å². The van der Waals surface area contributed by atoms with Gasteiger partial charge in [0.25, 0.3) is 5.91 Å². The van der Waals surface area contributed by atoms with E-state index >= 15 is 0 Å². The van der Waals surface area contributed by atoms with E-state index in [0.717, 1.165) is 5.56 Å². The Morgan fingerprint density at radius 1 is 1.09 bits per heavy atom. The van der Waals surface area contributed by atoms with Crippen molar-refractivity contribution in [1.29, 1.82) is 0 Å². The second kappa shape index (κ2) is 7.72. The molecule has 0 heterocycles. The van der Waals surface area contributed by atoms with Crippen molar-refractivity contribution in [3.05, 3.63) is 65.7 Å². The van der Waals surface area contributed by atoms with Crippen LogP contribution in [-0.4, -0.2) is 12.5 Å². The van der Waals surface area contributed by atoms with Crippen LogP contribution in [0.4, 0.5) is 8.78 Å². The standard InChI is InChI=1S/C18H19F2NO2/c1-12(2)18(13-7-9-14(19)10-8-13)21-17(22)11-23-16-6-4-3-5-15(16)20/h3-10,12,18H,11H2,1-2H3,(H,21,22)/t18-/m1/s1. The van der Waals surface area contributed by atoms with E-state index in [1.807, 2.05) is 13.8 Å². The van der Waals surface area contributed by atoms with Crippen molar-refractivity contribution in [2.45, 2.75) is 19.9 Å². The Kier molecular flexibility index (Phi) is 5.68. The summed E-state index contributed by atoms with van der Waals surface area (Å²) in [6.07, 6.45) is 0. The van der Waals surface area contributed by atoms with Gasteiger partial charge in [0.2, 0.25) is 0 Å². The molecule has 1 N–H and O–H groups in total. The van der Waals surface area contributed by atoms with Crippen molar-refractivity contribution in [2.24, 2.45) is 5.92 Å². The highest BCUT2D eigenvalue weighted by Gasteiger charge is 2.19. The molecule has 2 aromatic rings. The number of rotatable bonds is 6. The van der Waals surface area contributed by atoms with Crippen LogP contribution in [-0.2, 0) is 4.79 Å². The van der Waals surface area contributed by atoms with Crippen LogP contribution in [0.5, 0.6) is 5.75 Å². The van der Waals surface area contributed by atoms with Crippen molar-refractivity contribution in [1.82, 2.24) is 5.32 Å². The van der Waals surface area contributed by atoms with Gasteiger partial charge in [0.05, 0.1) is 6.04 Å². The smallest absolute Gasteiger partial charge is 0.258 e. The van der Waals surface area contributed by atoms with E-state index in [1.54, 1.807) is 24.3 Å². The minimum atomic E-state index is -0.515. The molecule has 0 saturated carbocycles. The second-order valence-electron chi connectivity index (χ2n) is 5.56. The quantitative estimate of drug-likeness (QED) is 0.878. The predicted octanol–water partition coefficient (Wildman–Crippen LogP) is 3.86. The third-order valence-electron chi connectivity index (χ3n) is 3.41. The number of nitrogens with one attached hydrogen (secondary N) is 1. The van der Waals surface area contributed by atoms with E-state index in [9.17, 15) is 13.6 Å². The summed E-state index contributed by atoms with van der Waals surface area (Å²) < 4.78 is 31.6. The van der Waals surface area contributed by atoms with Crippen LogP contribution in [0.1, 0.15) is 25.5 Å². The SMILES string of the molecule is CC(C)[C@@H](NC(=O)COc1ccccc1F)c1ccc(F)cc1. The lowest BCUT2D eigenvalue weighted by Gasteiger charge is -2.23. The van der Waals surface area contributed by atoms with Crippen LogP contribution in [0.25, 0.3) is 0 Å². The molecular weight excluding hydrogens is 300 g/mol. The molecule has 0 unspecified atom stereocenters. The number of ether oxygens (including phenoxy) is 1. The van der Waals surface area contributed by atoms with Crippen LogP contribution in [0, 0.1) is 17.6 Å². The molecule has 0 aromatic heterocycles. The lowest BCUT2D eigenvalue weighted by atomic mass is 9.96. The summed E-state index contributed by atoms with van der Waals surface area (Å²) in [4.78, 5) is 12.1. The molecule has 0 bridgehead atoms. The first-order valence-corrected chi connectivity index (χ1v) is 7.39. The van der Waals surface area contributed by atoms with E-state index in [2.05, 4.69) is 5.32 Å². The maximum Gasteiger partial charge on any atom is 0.258 e. The second-order valence-corrected chi connectivity index (χ2v) is 5.56. The Morgan fingerprint density at radius 3 is 2.35 bits per heavy atom. The van der Waals surface area contributed by atoms with Crippen molar-refractivity contribution in [3.8, 4) is 5.75 Å². The molecule has 2 rings (SSSR count). The minimum absolute atomic E-state index is 0.0329. The molecular formula is C18H19F2NO2. The Morgan fingerprint density at radius 2 is 1.74 bits per heavy atom. The zero-order valence-electron chi connectivity index (χ0n) is 13.1.